The van der Waals surface area contributed by atoms with Gasteiger partial charge in [0.05, 0.1) is 5.56 Å². The average Bonchev–Trinajstić information content (AvgIpc) is 2.26. The van der Waals surface area contributed by atoms with Crippen molar-refractivity contribution in [2.75, 3.05) is 19.3 Å². The Morgan fingerprint density at radius 2 is 2.40 bits per heavy atom. The van der Waals surface area contributed by atoms with Crippen molar-refractivity contribution in [1.82, 2.24) is 10.3 Å². The standard InChI is InChI=1S/C11H12N4/c1-14-5-3-2-4-9-6-10(7-12)11(13)15-8-9/h6,8,14H,3,5H2,1H3,(H2,13,15). The molecular weight excluding hydrogens is 188 g/mol. The molecule has 1 aromatic heterocycles. The van der Waals surface area contributed by atoms with Gasteiger partial charge in [0, 0.05) is 24.7 Å². The van der Waals surface area contributed by atoms with Crippen LogP contribution in [0.1, 0.15) is 17.5 Å². The van der Waals surface area contributed by atoms with Crippen LogP contribution in [0.15, 0.2) is 12.3 Å². The van der Waals surface area contributed by atoms with E-state index in [1.165, 1.54) is 0 Å². The molecule has 0 amide bonds. The van der Waals surface area contributed by atoms with Gasteiger partial charge < -0.3 is 11.1 Å². The molecule has 4 heteroatoms. The second kappa shape index (κ2) is 5.64. The monoisotopic (exact) mass is 200 g/mol. The minimum absolute atomic E-state index is 0.248. The highest BCUT2D eigenvalue weighted by Gasteiger charge is 1.98. The molecule has 3 N–H and O–H groups in total. The van der Waals surface area contributed by atoms with E-state index in [0.29, 0.717) is 5.56 Å². The van der Waals surface area contributed by atoms with Crippen LogP contribution in [0.5, 0.6) is 0 Å². The van der Waals surface area contributed by atoms with Gasteiger partial charge in [-0.3, -0.25) is 0 Å². The first-order valence-corrected chi connectivity index (χ1v) is 4.57. The molecule has 0 saturated heterocycles. The second-order valence-electron chi connectivity index (χ2n) is 2.92. The highest BCUT2D eigenvalue weighted by molar-refractivity contribution is 5.52. The van der Waals surface area contributed by atoms with Gasteiger partial charge in [-0.15, -0.1) is 0 Å². The summed E-state index contributed by atoms with van der Waals surface area (Å²) in [6, 6.07) is 3.62. The number of nitrogens with two attached hydrogens (primary N) is 1. The van der Waals surface area contributed by atoms with E-state index in [1.54, 1.807) is 12.3 Å². The molecule has 0 fully saturated rings. The van der Waals surface area contributed by atoms with Crippen LogP contribution in [0.3, 0.4) is 0 Å². The zero-order valence-electron chi connectivity index (χ0n) is 8.54. The molecule has 0 aromatic carbocycles. The van der Waals surface area contributed by atoms with E-state index in [4.69, 9.17) is 11.0 Å². The van der Waals surface area contributed by atoms with E-state index in [9.17, 15) is 0 Å². The van der Waals surface area contributed by atoms with Gasteiger partial charge in [-0.25, -0.2) is 4.98 Å². The lowest BCUT2D eigenvalue weighted by molar-refractivity contribution is 0.818. The number of nitrogen functional groups attached to an aromatic ring is 1. The van der Waals surface area contributed by atoms with E-state index in [2.05, 4.69) is 22.1 Å². The van der Waals surface area contributed by atoms with E-state index in [1.807, 2.05) is 13.1 Å². The van der Waals surface area contributed by atoms with Gasteiger partial charge in [0.25, 0.3) is 0 Å². The fraction of sp³-hybridized carbons (Fsp3) is 0.273. The Morgan fingerprint density at radius 1 is 1.60 bits per heavy atom. The first-order chi connectivity index (χ1) is 7.27. The van der Waals surface area contributed by atoms with E-state index in [0.717, 1.165) is 18.5 Å². The van der Waals surface area contributed by atoms with Crippen molar-refractivity contribution in [3.05, 3.63) is 23.4 Å². The Labute approximate surface area is 89.1 Å². The SMILES string of the molecule is CNCCC#Cc1cnc(N)c(C#N)c1. The number of rotatable bonds is 2. The molecule has 0 aliphatic rings. The van der Waals surface area contributed by atoms with Crippen LogP contribution in [0.25, 0.3) is 0 Å². The van der Waals surface area contributed by atoms with Crippen molar-refractivity contribution in [2.24, 2.45) is 0 Å². The maximum absolute atomic E-state index is 8.72. The van der Waals surface area contributed by atoms with Gasteiger partial charge in [0.1, 0.15) is 11.9 Å². The first kappa shape index (κ1) is 11.0. The summed E-state index contributed by atoms with van der Waals surface area (Å²) < 4.78 is 0. The Hall–Kier alpha value is -2.04. The van der Waals surface area contributed by atoms with Crippen LogP contribution < -0.4 is 11.1 Å². The van der Waals surface area contributed by atoms with Crippen molar-refractivity contribution in [2.45, 2.75) is 6.42 Å². The Bertz CT molecular complexity index is 434. The third-order valence-electron chi connectivity index (χ3n) is 1.77. The molecular formula is C11H12N4. The van der Waals surface area contributed by atoms with Gasteiger partial charge in [-0.2, -0.15) is 5.26 Å². The summed E-state index contributed by atoms with van der Waals surface area (Å²) in [6.07, 6.45) is 2.34. The maximum Gasteiger partial charge on any atom is 0.141 e. The predicted molar refractivity (Wildman–Crippen MR) is 58.8 cm³/mol. The molecule has 0 bridgehead atoms. The van der Waals surface area contributed by atoms with Crippen LogP contribution in [-0.2, 0) is 0 Å². The fourth-order valence-corrected chi connectivity index (χ4v) is 0.985. The van der Waals surface area contributed by atoms with Gasteiger partial charge in [0.15, 0.2) is 0 Å². The summed E-state index contributed by atoms with van der Waals surface area (Å²) in [5.41, 5.74) is 6.57. The number of nitrogens with one attached hydrogen (secondary N) is 1. The van der Waals surface area contributed by atoms with Crippen LogP contribution in [-0.4, -0.2) is 18.6 Å². The molecule has 76 valence electrons. The molecule has 1 heterocycles. The Kier molecular flexibility index (Phi) is 4.15. The second-order valence-corrected chi connectivity index (χ2v) is 2.92. The quantitative estimate of drug-likeness (QED) is 0.538. The molecule has 0 saturated carbocycles. The lowest BCUT2D eigenvalue weighted by Crippen LogP contribution is -2.05. The van der Waals surface area contributed by atoms with Gasteiger partial charge in [-0.05, 0) is 13.1 Å². The molecule has 1 rings (SSSR count). The van der Waals surface area contributed by atoms with Crippen molar-refractivity contribution in [3.63, 3.8) is 0 Å². The van der Waals surface area contributed by atoms with Crippen molar-refractivity contribution in [3.8, 4) is 17.9 Å². The summed E-state index contributed by atoms with van der Waals surface area (Å²) >= 11 is 0. The third kappa shape index (κ3) is 3.30. The summed E-state index contributed by atoms with van der Waals surface area (Å²) in [4.78, 5) is 3.89. The van der Waals surface area contributed by atoms with Gasteiger partial charge in [-0.1, -0.05) is 11.8 Å². The molecule has 0 aliphatic carbocycles. The first-order valence-electron chi connectivity index (χ1n) is 4.57. The van der Waals surface area contributed by atoms with Gasteiger partial charge >= 0.3 is 0 Å². The van der Waals surface area contributed by atoms with Crippen molar-refractivity contribution >= 4 is 5.82 Å². The number of nitriles is 1. The van der Waals surface area contributed by atoms with Crippen molar-refractivity contribution in [1.29, 1.82) is 5.26 Å². The molecule has 0 spiro atoms. The third-order valence-corrected chi connectivity index (χ3v) is 1.77. The molecule has 4 nitrogen and oxygen atoms in total. The minimum atomic E-state index is 0.248. The van der Waals surface area contributed by atoms with Crippen LogP contribution >= 0.6 is 0 Å². The smallest absolute Gasteiger partial charge is 0.141 e. The van der Waals surface area contributed by atoms with Gasteiger partial charge in [0.2, 0.25) is 0 Å². The molecule has 0 radical (unpaired) electrons. The number of aromatic nitrogens is 1. The van der Waals surface area contributed by atoms with Crippen molar-refractivity contribution < 1.29 is 0 Å². The molecule has 0 atom stereocenters. The average molecular weight is 200 g/mol. The normalized spacial score (nSPS) is 8.80. The number of hydrogen-bond acceptors (Lipinski definition) is 4. The zero-order valence-corrected chi connectivity index (χ0v) is 8.54. The maximum atomic E-state index is 8.72. The molecule has 0 unspecified atom stereocenters. The lowest BCUT2D eigenvalue weighted by Gasteiger charge is -1.95. The topological polar surface area (TPSA) is 74.7 Å². The summed E-state index contributed by atoms with van der Waals surface area (Å²) in [6.45, 7) is 0.848. The summed E-state index contributed by atoms with van der Waals surface area (Å²) in [5.74, 6) is 6.14. The number of hydrogen-bond donors (Lipinski definition) is 2. The van der Waals surface area contributed by atoms with E-state index >= 15 is 0 Å². The highest BCUT2D eigenvalue weighted by atomic mass is 14.8. The van der Waals surface area contributed by atoms with Crippen LogP contribution in [0.4, 0.5) is 5.82 Å². The van der Waals surface area contributed by atoms with Crippen LogP contribution in [0.2, 0.25) is 0 Å². The largest absolute Gasteiger partial charge is 0.383 e. The number of nitrogens with zero attached hydrogens (tertiary/aromatic N) is 2. The van der Waals surface area contributed by atoms with Crippen LogP contribution in [0, 0.1) is 23.2 Å². The summed E-state index contributed by atoms with van der Waals surface area (Å²) in [5, 5.41) is 11.7. The predicted octanol–water partition coefficient (Wildman–Crippen LogP) is 0.496. The minimum Gasteiger partial charge on any atom is -0.383 e. The molecule has 0 aliphatic heterocycles. The Morgan fingerprint density at radius 3 is 3.07 bits per heavy atom. The number of anilines is 1. The molecule has 1 aromatic rings. The number of pyridine rings is 1. The van der Waals surface area contributed by atoms with E-state index in [-0.39, 0.29) is 5.82 Å². The Balaban J connectivity index is 2.78. The fourth-order valence-electron chi connectivity index (χ4n) is 0.985. The highest BCUT2D eigenvalue weighted by Crippen LogP contribution is 2.07. The lowest BCUT2D eigenvalue weighted by atomic mass is 10.2. The van der Waals surface area contributed by atoms with E-state index < -0.39 is 0 Å². The molecule has 15 heavy (non-hydrogen) atoms. The zero-order chi connectivity index (χ0) is 11.1. The summed E-state index contributed by atoms with van der Waals surface area (Å²) in [7, 11) is 1.88.